The van der Waals surface area contributed by atoms with Crippen molar-refractivity contribution >= 4 is 64.3 Å². The normalized spacial score (nSPS) is 10.2. The Morgan fingerprint density at radius 3 is 2.00 bits per heavy atom. The molecule has 0 rings (SSSR count). The van der Waals surface area contributed by atoms with Crippen LogP contribution in [0.2, 0.25) is 0 Å². The molecule has 17 heavy (non-hydrogen) atoms. The van der Waals surface area contributed by atoms with E-state index in [4.69, 9.17) is 10.2 Å². The fourth-order valence-corrected chi connectivity index (χ4v) is 1.36. The minimum atomic E-state index is -0.500. The van der Waals surface area contributed by atoms with Gasteiger partial charge in [0.25, 0.3) is 10.3 Å². The molecule has 98 valence electrons. The van der Waals surface area contributed by atoms with Gasteiger partial charge in [-0.15, -0.1) is 0 Å². The van der Waals surface area contributed by atoms with Crippen molar-refractivity contribution in [2.75, 3.05) is 0 Å². The number of aliphatic hydroxyl groups excluding tert-OH is 2. The molecule has 5 N–H and O–H groups in total. The molecular formula is C10H23N2NaO2S2. The summed E-state index contributed by atoms with van der Waals surface area (Å²) in [7, 11) is 0. The molecule has 0 aromatic rings. The van der Waals surface area contributed by atoms with Crippen LogP contribution in [0.25, 0.3) is 0 Å². The monoisotopic (exact) mass is 290 g/mol. The van der Waals surface area contributed by atoms with Crippen LogP contribution in [-0.2, 0) is 0 Å². The molecule has 0 aliphatic heterocycles. The van der Waals surface area contributed by atoms with Crippen LogP contribution < -0.4 is 11.1 Å². The molecular weight excluding hydrogens is 267 g/mol. The van der Waals surface area contributed by atoms with Gasteiger partial charge in [-0.1, -0.05) is 33.1 Å². The van der Waals surface area contributed by atoms with Crippen LogP contribution in [0.4, 0.5) is 0 Å². The van der Waals surface area contributed by atoms with E-state index in [1.807, 2.05) is 0 Å². The van der Waals surface area contributed by atoms with Crippen LogP contribution in [0.1, 0.15) is 46.0 Å². The summed E-state index contributed by atoms with van der Waals surface area (Å²) in [5.41, 5.74) is 4.40. The molecule has 0 saturated heterocycles. The van der Waals surface area contributed by atoms with Gasteiger partial charge in [-0.2, -0.15) is 0 Å². The third-order valence-corrected chi connectivity index (χ3v) is 2.09. The van der Waals surface area contributed by atoms with Crippen LogP contribution in [0.15, 0.2) is 0 Å². The van der Waals surface area contributed by atoms with Crippen LogP contribution in [-0.4, -0.2) is 56.2 Å². The van der Waals surface area contributed by atoms with Crippen LogP contribution >= 0.6 is 24.4 Å². The number of unbranched alkanes of at least 4 members (excludes halogenated alkanes) is 2. The van der Waals surface area contributed by atoms with Crippen molar-refractivity contribution in [3.63, 3.8) is 0 Å². The Balaban J connectivity index is -0.000000340. The third kappa shape index (κ3) is 26.2. The number of hydrogen-bond donors (Lipinski definition) is 4. The molecule has 4 nitrogen and oxygen atoms in total. The van der Waals surface area contributed by atoms with Crippen LogP contribution in [0, 0.1) is 0 Å². The maximum absolute atomic E-state index is 8.83. The molecule has 0 saturated carbocycles. The zero-order chi connectivity index (χ0) is 13.0. The molecule has 0 amide bonds. The van der Waals surface area contributed by atoms with Gasteiger partial charge in [-0.05, 0) is 37.3 Å². The van der Waals surface area contributed by atoms with E-state index < -0.39 is 5.17 Å². The van der Waals surface area contributed by atoms with Crippen molar-refractivity contribution in [2.45, 2.75) is 52.0 Å². The van der Waals surface area contributed by atoms with E-state index in [0.717, 1.165) is 12.8 Å². The molecule has 0 aromatic carbocycles. The Morgan fingerprint density at radius 1 is 1.24 bits per heavy atom. The average molecular weight is 290 g/mol. The van der Waals surface area contributed by atoms with Gasteiger partial charge < -0.3 is 21.3 Å². The second-order valence-corrected chi connectivity index (χ2v) is 4.19. The number of hydrogen-bond acceptors (Lipinski definition) is 2. The fraction of sp³-hybridized carbons (Fsp3) is 0.800. The van der Waals surface area contributed by atoms with Crippen molar-refractivity contribution in [3.05, 3.63) is 0 Å². The van der Waals surface area contributed by atoms with Gasteiger partial charge in [0.15, 0.2) is 0 Å². The number of thiocarbonyl (C=S) groups is 2. The van der Waals surface area contributed by atoms with Gasteiger partial charge in [-0.3, -0.25) is 0 Å². The fourth-order valence-electron chi connectivity index (χ4n) is 1.19. The molecule has 0 aliphatic rings. The zero-order valence-corrected chi connectivity index (χ0v) is 11.5. The van der Waals surface area contributed by atoms with E-state index in [1.54, 1.807) is 0 Å². The molecule has 7 heteroatoms. The van der Waals surface area contributed by atoms with E-state index in [-0.39, 0.29) is 34.7 Å². The first kappa shape index (κ1) is 22.6. The first-order chi connectivity index (χ1) is 7.43. The number of aliphatic hydroxyl groups is 2. The Bertz CT molecular complexity index is 203. The second kappa shape index (κ2) is 16.4. The Morgan fingerprint density at radius 2 is 1.71 bits per heavy atom. The Hall–Kier alpha value is 0.380. The SMILES string of the molecule is CCCCCC(CC)NC(O)=S.NC(O)=S.[NaH]. The van der Waals surface area contributed by atoms with E-state index >= 15 is 0 Å². The predicted molar refractivity (Wildman–Crippen MR) is 83.1 cm³/mol. The maximum atomic E-state index is 8.83. The number of nitrogens with two attached hydrogens (primary N) is 1. The molecule has 1 unspecified atom stereocenters. The molecule has 0 aliphatic carbocycles. The molecule has 0 spiro atoms. The summed E-state index contributed by atoms with van der Waals surface area (Å²) in [5, 5.41) is 18.7. The summed E-state index contributed by atoms with van der Waals surface area (Å²) in [6.07, 6.45) is 5.83. The zero-order valence-electron chi connectivity index (χ0n) is 9.90. The Kier molecular flexibility index (Phi) is 21.7. The van der Waals surface area contributed by atoms with E-state index in [2.05, 4.69) is 49.3 Å². The van der Waals surface area contributed by atoms with E-state index in [1.165, 1.54) is 19.3 Å². The molecule has 1 atom stereocenters. The average Bonchev–Trinajstić information content (AvgIpc) is 2.15. The molecule has 0 aromatic heterocycles. The van der Waals surface area contributed by atoms with Crippen LogP contribution in [0.5, 0.6) is 0 Å². The summed E-state index contributed by atoms with van der Waals surface area (Å²) in [6, 6.07) is 0.356. The summed E-state index contributed by atoms with van der Waals surface area (Å²) >= 11 is 8.43. The summed E-state index contributed by atoms with van der Waals surface area (Å²) in [5.74, 6) is 0. The van der Waals surface area contributed by atoms with Crippen molar-refractivity contribution < 1.29 is 10.2 Å². The van der Waals surface area contributed by atoms with Gasteiger partial charge >= 0.3 is 29.6 Å². The van der Waals surface area contributed by atoms with Gasteiger partial charge in [0, 0.05) is 6.04 Å². The van der Waals surface area contributed by atoms with E-state index in [9.17, 15) is 0 Å². The molecule has 0 bridgehead atoms. The molecule has 0 fully saturated rings. The summed E-state index contributed by atoms with van der Waals surface area (Å²) in [4.78, 5) is 0. The number of rotatable bonds is 6. The van der Waals surface area contributed by atoms with Gasteiger partial charge in [0.1, 0.15) is 0 Å². The topological polar surface area (TPSA) is 78.5 Å². The predicted octanol–water partition coefficient (Wildman–Crippen LogP) is 1.92. The Labute approximate surface area is 137 Å². The summed E-state index contributed by atoms with van der Waals surface area (Å²) < 4.78 is 0. The standard InChI is InChI=1S/C9H19NOS.CH3NOS.Na.H/c1-3-5-6-7-8(4-2)10-9(11)12;2-1(3)4;;/h8H,3-7H2,1-2H3,(H2,10,11,12);(H3,2,3,4);;. The third-order valence-electron chi connectivity index (χ3n) is 1.98. The van der Waals surface area contributed by atoms with Gasteiger partial charge in [0.05, 0.1) is 0 Å². The van der Waals surface area contributed by atoms with Crippen molar-refractivity contribution in [1.82, 2.24) is 5.32 Å². The van der Waals surface area contributed by atoms with Gasteiger partial charge in [-0.25, -0.2) is 0 Å². The first-order valence-electron chi connectivity index (χ1n) is 5.41. The van der Waals surface area contributed by atoms with Gasteiger partial charge in [0.2, 0.25) is 0 Å². The van der Waals surface area contributed by atoms with Crippen LogP contribution in [0.3, 0.4) is 0 Å². The first-order valence-corrected chi connectivity index (χ1v) is 6.23. The quantitative estimate of drug-likeness (QED) is 0.340. The van der Waals surface area contributed by atoms with E-state index in [0.29, 0.717) is 6.04 Å². The second-order valence-electron chi connectivity index (χ2n) is 3.39. The minimum absolute atomic E-state index is 0. The molecule has 0 radical (unpaired) electrons. The molecule has 0 heterocycles. The number of nitrogens with one attached hydrogen (secondary N) is 1. The summed E-state index contributed by atoms with van der Waals surface area (Å²) in [6.45, 7) is 4.28. The van der Waals surface area contributed by atoms with Crippen molar-refractivity contribution in [2.24, 2.45) is 5.73 Å². The van der Waals surface area contributed by atoms with Crippen molar-refractivity contribution in [3.8, 4) is 0 Å². The van der Waals surface area contributed by atoms with Crippen molar-refractivity contribution in [1.29, 1.82) is 0 Å².